The van der Waals surface area contributed by atoms with Crippen LogP contribution < -0.4 is 11.1 Å². The Kier molecular flexibility index (Phi) is 5.59. The largest absolute Gasteiger partial charge is 0.397 e. The smallest absolute Gasteiger partial charge is 0.276 e. The molecule has 0 atom stereocenters. The van der Waals surface area contributed by atoms with Crippen LogP contribution in [0.25, 0.3) is 22.0 Å². The lowest BCUT2D eigenvalue weighted by Crippen LogP contribution is -2.14. The molecule has 0 aliphatic heterocycles. The second-order valence-electron chi connectivity index (χ2n) is 5.65. The van der Waals surface area contributed by atoms with E-state index >= 15 is 0 Å². The summed E-state index contributed by atoms with van der Waals surface area (Å²) in [7, 11) is 0. The zero-order valence-electron chi connectivity index (χ0n) is 15.4. The number of nitrogens with zero attached hydrogens (tertiary/aromatic N) is 3. The lowest BCUT2D eigenvalue weighted by atomic mass is 10.0. The molecular weight excluding hydrogens is 359 g/mol. The number of hydrogen-bond acceptors (Lipinski definition) is 5. The number of nitrogen functional groups attached to an aromatic ring is 1. The quantitative estimate of drug-likeness (QED) is 0.499. The van der Waals surface area contributed by atoms with E-state index in [1.165, 1.54) is 18.5 Å². The highest BCUT2D eigenvalue weighted by Gasteiger charge is 2.16. The van der Waals surface area contributed by atoms with Gasteiger partial charge in [-0.15, -0.1) is 0 Å². The molecule has 0 aliphatic carbocycles. The van der Waals surface area contributed by atoms with E-state index in [0.717, 1.165) is 11.1 Å². The third-order valence-corrected chi connectivity index (χ3v) is 3.89. The van der Waals surface area contributed by atoms with E-state index in [2.05, 4.69) is 25.5 Å². The van der Waals surface area contributed by atoms with Gasteiger partial charge in [-0.3, -0.25) is 19.9 Å². The Bertz CT molecular complexity index is 1120. The fraction of sp³-hybridized carbons (Fsp3) is 0.100. The lowest BCUT2D eigenvalue weighted by molar-refractivity contribution is 0.102. The molecule has 0 aliphatic rings. The molecule has 0 bridgehead atoms. The van der Waals surface area contributed by atoms with Crippen LogP contribution in [0.3, 0.4) is 0 Å². The van der Waals surface area contributed by atoms with Crippen LogP contribution in [0, 0.1) is 5.82 Å². The first-order valence-electron chi connectivity index (χ1n) is 8.72. The van der Waals surface area contributed by atoms with E-state index in [0.29, 0.717) is 16.6 Å². The number of aromatic amines is 1. The topological polar surface area (TPSA) is 110 Å². The minimum Gasteiger partial charge on any atom is -0.397 e. The van der Waals surface area contributed by atoms with Gasteiger partial charge in [0.2, 0.25) is 0 Å². The van der Waals surface area contributed by atoms with E-state index < -0.39 is 11.7 Å². The number of pyridine rings is 2. The molecule has 0 saturated heterocycles. The van der Waals surface area contributed by atoms with Crippen LogP contribution in [-0.2, 0) is 0 Å². The number of carbonyl (C=O) groups excluding carboxylic acids is 1. The second-order valence-corrected chi connectivity index (χ2v) is 5.65. The van der Waals surface area contributed by atoms with E-state index in [1.54, 1.807) is 18.5 Å². The summed E-state index contributed by atoms with van der Waals surface area (Å²) < 4.78 is 13.7. The Labute approximate surface area is 160 Å². The van der Waals surface area contributed by atoms with Gasteiger partial charge in [0.25, 0.3) is 5.91 Å². The van der Waals surface area contributed by atoms with Crippen molar-refractivity contribution in [2.24, 2.45) is 0 Å². The van der Waals surface area contributed by atoms with Crippen LogP contribution in [0.5, 0.6) is 0 Å². The minimum absolute atomic E-state index is 0.00941. The third kappa shape index (κ3) is 3.80. The summed E-state index contributed by atoms with van der Waals surface area (Å²) in [6, 6.07) is 8.45. The molecular formula is C20H19FN6O. The summed E-state index contributed by atoms with van der Waals surface area (Å²) in [5.74, 6) is -1.11. The first-order chi connectivity index (χ1) is 13.6. The molecule has 1 amide bonds. The van der Waals surface area contributed by atoms with Gasteiger partial charge in [0.05, 0.1) is 23.1 Å². The Morgan fingerprint density at radius 2 is 1.89 bits per heavy atom. The van der Waals surface area contributed by atoms with Gasteiger partial charge < -0.3 is 11.1 Å². The van der Waals surface area contributed by atoms with Gasteiger partial charge in [0.1, 0.15) is 5.82 Å². The second kappa shape index (κ2) is 8.26. The van der Waals surface area contributed by atoms with Crippen LogP contribution in [0.1, 0.15) is 24.3 Å². The standard InChI is InChI=1S/C18H13FN6O.C2H6/c19-14-3-4-21-9-16(14)23-18(26)17-13-6-10(1-2-15(13)24-25-17)11-5-12(20)8-22-7-11;1-2/h1-9H,20H2,(H,23,26)(H,24,25);1-2H3. The van der Waals surface area contributed by atoms with E-state index in [1.807, 2.05) is 32.0 Å². The highest BCUT2D eigenvalue weighted by molar-refractivity contribution is 6.11. The molecule has 3 aromatic heterocycles. The average molecular weight is 378 g/mol. The van der Waals surface area contributed by atoms with Crippen molar-refractivity contribution in [1.29, 1.82) is 0 Å². The van der Waals surface area contributed by atoms with Gasteiger partial charge in [0.15, 0.2) is 5.69 Å². The van der Waals surface area contributed by atoms with Crippen LogP contribution >= 0.6 is 0 Å². The number of nitrogens with one attached hydrogen (secondary N) is 2. The van der Waals surface area contributed by atoms with Crippen molar-refractivity contribution in [3.63, 3.8) is 0 Å². The molecule has 0 radical (unpaired) electrons. The fourth-order valence-corrected chi connectivity index (χ4v) is 2.63. The Morgan fingerprint density at radius 3 is 2.64 bits per heavy atom. The highest BCUT2D eigenvalue weighted by Crippen LogP contribution is 2.26. The molecule has 28 heavy (non-hydrogen) atoms. The summed E-state index contributed by atoms with van der Waals surface area (Å²) in [4.78, 5) is 20.4. The van der Waals surface area contributed by atoms with Gasteiger partial charge in [-0.2, -0.15) is 5.10 Å². The molecule has 4 rings (SSSR count). The monoisotopic (exact) mass is 378 g/mol. The first-order valence-corrected chi connectivity index (χ1v) is 8.72. The summed E-state index contributed by atoms with van der Waals surface area (Å²) in [6.07, 6.45) is 5.79. The lowest BCUT2D eigenvalue weighted by Gasteiger charge is -2.05. The van der Waals surface area contributed by atoms with Crippen molar-refractivity contribution >= 4 is 28.2 Å². The predicted molar refractivity (Wildman–Crippen MR) is 107 cm³/mol. The number of carbonyl (C=O) groups is 1. The normalized spacial score (nSPS) is 10.2. The van der Waals surface area contributed by atoms with Gasteiger partial charge in [-0.25, -0.2) is 4.39 Å². The van der Waals surface area contributed by atoms with Crippen LogP contribution in [0.15, 0.2) is 55.1 Å². The van der Waals surface area contributed by atoms with Gasteiger partial charge in [-0.05, 0) is 29.8 Å². The van der Waals surface area contributed by atoms with Crippen molar-refractivity contribution in [2.45, 2.75) is 13.8 Å². The maximum Gasteiger partial charge on any atom is 0.276 e. The molecule has 0 fully saturated rings. The predicted octanol–water partition coefficient (Wildman–Crippen LogP) is 4.02. The van der Waals surface area contributed by atoms with Crippen molar-refractivity contribution in [3.8, 4) is 11.1 Å². The number of aromatic nitrogens is 4. The number of benzene rings is 1. The number of halogens is 1. The SMILES string of the molecule is CC.Nc1cncc(-c2ccc3[nH]nc(C(=O)Nc4cnccc4F)c3c2)c1. The molecule has 8 heteroatoms. The van der Waals surface area contributed by atoms with Crippen molar-refractivity contribution in [1.82, 2.24) is 20.2 Å². The number of fused-ring (bicyclic) bond motifs is 1. The number of anilines is 2. The van der Waals surface area contributed by atoms with Gasteiger partial charge >= 0.3 is 0 Å². The molecule has 0 saturated carbocycles. The highest BCUT2D eigenvalue weighted by atomic mass is 19.1. The maximum atomic E-state index is 13.7. The van der Waals surface area contributed by atoms with Crippen molar-refractivity contribution in [3.05, 3.63) is 66.6 Å². The Morgan fingerprint density at radius 1 is 1.07 bits per heavy atom. The van der Waals surface area contributed by atoms with Gasteiger partial charge in [0, 0.05) is 29.5 Å². The fourth-order valence-electron chi connectivity index (χ4n) is 2.63. The average Bonchev–Trinajstić information content (AvgIpc) is 3.14. The summed E-state index contributed by atoms with van der Waals surface area (Å²) >= 11 is 0. The van der Waals surface area contributed by atoms with Crippen molar-refractivity contribution in [2.75, 3.05) is 11.1 Å². The zero-order chi connectivity index (χ0) is 20.1. The molecule has 4 N–H and O–H groups in total. The molecule has 7 nitrogen and oxygen atoms in total. The summed E-state index contributed by atoms with van der Waals surface area (Å²) in [6.45, 7) is 4.00. The number of hydrogen-bond donors (Lipinski definition) is 3. The number of amides is 1. The van der Waals surface area contributed by atoms with Crippen molar-refractivity contribution < 1.29 is 9.18 Å². The van der Waals surface area contributed by atoms with E-state index in [-0.39, 0.29) is 11.4 Å². The van der Waals surface area contributed by atoms with Crippen LogP contribution in [0.4, 0.5) is 15.8 Å². The van der Waals surface area contributed by atoms with Crippen LogP contribution in [0.2, 0.25) is 0 Å². The first kappa shape index (κ1) is 19.0. The maximum absolute atomic E-state index is 13.7. The number of rotatable bonds is 3. The molecule has 4 aromatic rings. The Hall–Kier alpha value is -3.81. The van der Waals surface area contributed by atoms with Crippen LogP contribution in [-0.4, -0.2) is 26.1 Å². The van der Waals surface area contributed by atoms with Gasteiger partial charge in [-0.1, -0.05) is 19.9 Å². The van der Waals surface area contributed by atoms with E-state index in [4.69, 9.17) is 5.73 Å². The molecule has 3 heterocycles. The zero-order valence-corrected chi connectivity index (χ0v) is 15.4. The van der Waals surface area contributed by atoms with E-state index in [9.17, 15) is 9.18 Å². The summed E-state index contributed by atoms with van der Waals surface area (Å²) in [5, 5.41) is 9.94. The number of H-pyrrole nitrogens is 1. The molecule has 142 valence electrons. The molecule has 0 unspecified atom stereocenters. The summed E-state index contributed by atoms with van der Waals surface area (Å²) in [5.41, 5.74) is 8.80. The third-order valence-electron chi connectivity index (χ3n) is 3.89. The number of nitrogens with two attached hydrogens (primary N) is 1. The molecule has 1 aromatic carbocycles. The molecule has 0 spiro atoms. The Balaban J connectivity index is 0.00000109. The minimum atomic E-state index is -0.570.